The predicted octanol–water partition coefficient (Wildman–Crippen LogP) is 0.782. The van der Waals surface area contributed by atoms with Crippen LogP contribution in [0.4, 0.5) is 9.59 Å². The molecule has 0 fully saturated rings. The maximum Gasteiger partial charge on any atom is 0.407 e. The fourth-order valence-electron chi connectivity index (χ4n) is 1.63. The average molecular weight is 453 g/mol. The lowest BCUT2D eigenvalue weighted by molar-refractivity contribution is -0.150. The number of nitrogens with one attached hydrogen (secondary N) is 2. The van der Waals surface area contributed by atoms with E-state index >= 15 is 0 Å². The van der Waals surface area contributed by atoms with E-state index in [9.17, 15) is 24.3 Å². The zero-order valence-corrected chi connectivity index (χ0v) is 19.2. The van der Waals surface area contributed by atoms with Gasteiger partial charge < -0.3 is 40.2 Å². The second-order valence-electron chi connectivity index (χ2n) is 8.33. The van der Waals surface area contributed by atoms with Crippen LogP contribution in [0.3, 0.4) is 0 Å². The van der Waals surface area contributed by atoms with E-state index in [0.717, 1.165) is 0 Å². The number of carbonyl (C=O) groups excluding carboxylic acids is 3. The van der Waals surface area contributed by atoms with Crippen LogP contribution in [0.1, 0.15) is 54.4 Å². The first-order valence-corrected chi connectivity index (χ1v) is 9.59. The normalized spacial score (nSPS) is 12.9. The zero-order valence-electron chi connectivity index (χ0n) is 19.2. The van der Waals surface area contributed by atoms with E-state index in [1.807, 2.05) is 0 Å². The molecule has 0 aliphatic carbocycles. The highest BCUT2D eigenvalue weighted by Gasteiger charge is 2.19. The molecule has 182 valence electrons. The van der Waals surface area contributed by atoms with Crippen molar-refractivity contribution in [3.05, 3.63) is 0 Å². The van der Waals surface area contributed by atoms with Gasteiger partial charge in [0, 0.05) is 25.9 Å². The van der Waals surface area contributed by atoms with Gasteiger partial charge in [-0.1, -0.05) is 0 Å². The number of esters is 1. The number of carboxylic acids is 1. The molecule has 0 aromatic heterocycles. The van der Waals surface area contributed by atoms with Crippen LogP contribution in [0.15, 0.2) is 0 Å². The molecule has 0 aliphatic rings. The minimum absolute atomic E-state index is 0.0470. The highest BCUT2D eigenvalue weighted by Crippen LogP contribution is 2.07. The van der Waals surface area contributed by atoms with Crippen molar-refractivity contribution >= 4 is 24.1 Å². The van der Waals surface area contributed by atoms with Gasteiger partial charge in [-0.05, 0) is 41.5 Å². The highest BCUT2D eigenvalue weighted by atomic mass is 16.6. The Labute approximate surface area is 182 Å². The zero-order chi connectivity index (χ0) is 24.8. The van der Waals surface area contributed by atoms with E-state index in [4.69, 9.17) is 19.7 Å². The number of rotatable bonds is 8. The van der Waals surface area contributed by atoms with Crippen LogP contribution in [-0.2, 0) is 23.8 Å². The fraction of sp³-hybridized carbons (Fsp3) is 0.789. The number of ether oxygens (including phenoxy) is 3. The van der Waals surface area contributed by atoms with Gasteiger partial charge in [0.15, 0.2) is 12.2 Å². The number of hydrogen-bond acceptors (Lipinski definition) is 9. The first-order chi connectivity index (χ1) is 14.0. The Morgan fingerprint density at radius 1 is 0.774 bits per heavy atom. The Kier molecular flexibility index (Phi) is 14.2. The van der Waals surface area contributed by atoms with Crippen molar-refractivity contribution in [3.63, 3.8) is 0 Å². The van der Waals surface area contributed by atoms with Gasteiger partial charge >= 0.3 is 24.1 Å². The molecule has 0 saturated heterocycles. The van der Waals surface area contributed by atoms with Crippen LogP contribution in [0, 0.1) is 0 Å². The van der Waals surface area contributed by atoms with E-state index in [-0.39, 0.29) is 25.9 Å². The summed E-state index contributed by atoms with van der Waals surface area (Å²) in [6.07, 6.45) is -3.84. The van der Waals surface area contributed by atoms with Crippen LogP contribution in [0.2, 0.25) is 0 Å². The molecule has 2 unspecified atom stereocenters. The molecule has 12 nitrogen and oxygen atoms in total. The van der Waals surface area contributed by atoms with E-state index in [1.165, 1.54) is 7.11 Å². The average Bonchev–Trinajstić information content (AvgIpc) is 2.58. The summed E-state index contributed by atoms with van der Waals surface area (Å²) in [5, 5.41) is 31.2. The third kappa shape index (κ3) is 20.5. The summed E-state index contributed by atoms with van der Waals surface area (Å²) in [4.78, 5) is 43.2. The third-order valence-corrected chi connectivity index (χ3v) is 2.93. The summed E-state index contributed by atoms with van der Waals surface area (Å²) < 4.78 is 14.2. The molecular formula is C19H36N2O10. The number of aliphatic hydroxyl groups excluding tert-OH is 2. The van der Waals surface area contributed by atoms with Gasteiger partial charge in [0.2, 0.25) is 0 Å². The Bertz CT molecular complexity index is 581. The lowest BCUT2D eigenvalue weighted by Crippen LogP contribution is -2.35. The minimum Gasteiger partial charge on any atom is -0.479 e. The third-order valence-electron chi connectivity index (χ3n) is 2.93. The number of carboxylic acid groups (broad SMARTS) is 1. The Morgan fingerprint density at radius 3 is 1.42 bits per heavy atom. The summed E-state index contributed by atoms with van der Waals surface area (Å²) in [5.41, 5.74) is -1.15. The van der Waals surface area contributed by atoms with Crippen molar-refractivity contribution in [2.24, 2.45) is 0 Å². The lowest BCUT2D eigenvalue weighted by Gasteiger charge is -2.19. The first-order valence-electron chi connectivity index (χ1n) is 9.59. The van der Waals surface area contributed by atoms with Gasteiger partial charge in [-0.15, -0.1) is 0 Å². The van der Waals surface area contributed by atoms with Crippen molar-refractivity contribution in [2.75, 3.05) is 20.2 Å². The maximum absolute atomic E-state index is 11.1. The number of amides is 2. The summed E-state index contributed by atoms with van der Waals surface area (Å²) in [7, 11) is 1.19. The molecule has 0 bridgehead atoms. The van der Waals surface area contributed by atoms with E-state index < -0.39 is 47.5 Å². The molecule has 0 heterocycles. The number of methoxy groups -OCH3 is 1. The maximum atomic E-state index is 11.1. The van der Waals surface area contributed by atoms with Gasteiger partial charge in [0.05, 0.1) is 7.11 Å². The summed E-state index contributed by atoms with van der Waals surface area (Å²) >= 11 is 0. The molecule has 31 heavy (non-hydrogen) atoms. The summed E-state index contributed by atoms with van der Waals surface area (Å²) in [6, 6.07) is 0. The molecule has 0 rings (SSSR count). The second kappa shape index (κ2) is 14.4. The Hall–Kier alpha value is -2.60. The molecule has 5 N–H and O–H groups in total. The first kappa shape index (κ1) is 30.6. The molecule has 2 atom stereocenters. The van der Waals surface area contributed by atoms with Crippen LogP contribution < -0.4 is 10.6 Å². The topological polar surface area (TPSA) is 181 Å². The number of aliphatic carboxylic acids is 1. The van der Waals surface area contributed by atoms with Gasteiger partial charge in [-0.3, -0.25) is 0 Å². The van der Waals surface area contributed by atoms with E-state index in [0.29, 0.717) is 0 Å². The number of aliphatic hydroxyl groups is 2. The number of alkyl carbamates (subject to hydrolysis) is 2. The highest BCUT2D eigenvalue weighted by molar-refractivity contribution is 5.74. The predicted molar refractivity (Wildman–Crippen MR) is 109 cm³/mol. The smallest absolute Gasteiger partial charge is 0.407 e. The Morgan fingerprint density at radius 2 is 1.13 bits per heavy atom. The molecular weight excluding hydrogens is 416 g/mol. The molecule has 0 spiro atoms. The van der Waals surface area contributed by atoms with Gasteiger partial charge in [-0.25, -0.2) is 19.2 Å². The van der Waals surface area contributed by atoms with Crippen molar-refractivity contribution in [2.45, 2.75) is 77.8 Å². The van der Waals surface area contributed by atoms with Crippen LogP contribution in [0.5, 0.6) is 0 Å². The molecule has 0 aromatic carbocycles. The SMILES string of the molecule is CC(C)(C)OC(=O)NCCC(O)C(=O)O.COC(=O)C(O)CCNC(=O)OC(C)(C)C. The largest absolute Gasteiger partial charge is 0.479 e. The molecule has 0 aromatic rings. The molecule has 12 heteroatoms. The minimum atomic E-state index is -1.46. The van der Waals surface area contributed by atoms with Crippen molar-refractivity contribution in [3.8, 4) is 0 Å². The lowest BCUT2D eigenvalue weighted by atomic mass is 10.2. The molecule has 0 aliphatic heterocycles. The van der Waals surface area contributed by atoms with Gasteiger partial charge in [0.25, 0.3) is 0 Å². The van der Waals surface area contributed by atoms with Crippen LogP contribution >= 0.6 is 0 Å². The van der Waals surface area contributed by atoms with E-state index in [2.05, 4.69) is 15.4 Å². The quantitative estimate of drug-likeness (QED) is 0.261. The van der Waals surface area contributed by atoms with Gasteiger partial charge in [-0.2, -0.15) is 0 Å². The standard InChI is InChI=1S/C10H19NO5.C9H17NO5/c1-10(2,3)16-9(14)11-6-5-7(12)8(13)15-4;1-9(2,3)15-8(14)10-5-4-6(11)7(12)13/h7,12H,5-6H2,1-4H3,(H,11,14);6,11H,4-5H2,1-3H3,(H,10,14)(H,12,13). The van der Waals surface area contributed by atoms with Crippen molar-refractivity contribution < 1.29 is 48.7 Å². The number of carbonyl (C=O) groups is 4. The van der Waals surface area contributed by atoms with Gasteiger partial charge in [0.1, 0.15) is 11.2 Å². The van der Waals surface area contributed by atoms with Crippen LogP contribution in [-0.4, -0.2) is 83.1 Å². The summed E-state index contributed by atoms with van der Waals surface area (Å²) in [5.74, 6) is -2.02. The van der Waals surface area contributed by atoms with Crippen molar-refractivity contribution in [1.29, 1.82) is 0 Å². The fourth-order valence-corrected chi connectivity index (χ4v) is 1.63. The monoisotopic (exact) mass is 452 g/mol. The molecule has 2 amide bonds. The molecule has 0 saturated carbocycles. The Balaban J connectivity index is 0. The van der Waals surface area contributed by atoms with Crippen LogP contribution in [0.25, 0.3) is 0 Å². The van der Waals surface area contributed by atoms with E-state index in [1.54, 1.807) is 41.5 Å². The molecule has 0 radical (unpaired) electrons. The number of hydrogen-bond donors (Lipinski definition) is 5. The second-order valence-corrected chi connectivity index (χ2v) is 8.33. The van der Waals surface area contributed by atoms with Crippen molar-refractivity contribution in [1.82, 2.24) is 10.6 Å². The summed E-state index contributed by atoms with van der Waals surface area (Å²) in [6.45, 7) is 10.6.